The summed E-state index contributed by atoms with van der Waals surface area (Å²) in [6.07, 6.45) is 4.34. The first-order chi connectivity index (χ1) is 6.37. The molecule has 0 radical (unpaired) electrons. The fourth-order valence-corrected chi connectivity index (χ4v) is 2.33. The average Bonchev–Trinajstić information content (AvgIpc) is 2.07. The van der Waals surface area contributed by atoms with E-state index in [2.05, 4.69) is 0 Å². The number of carboxylic acid groups (broad SMARTS) is 1. The molecule has 1 aliphatic rings. The molecule has 2 N–H and O–H groups in total. The lowest BCUT2D eigenvalue weighted by Gasteiger charge is -2.46. The maximum atomic E-state index is 10.5. The van der Waals surface area contributed by atoms with Crippen LogP contribution in [-0.2, 0) is 4.79 Å². The number of rotatable bonds is 3. The van der Waals surface area contributed by atoms with Gasteiger partial charge < -0.3 is 10.2 Å². The second-order valence-corrected chi connectivity index (χ2v) is 5.02. The Morgan fingerprint density at radius 2 is 1.86 bits per heavy atom. The average molecular weight is 200 g/mol. The summed E-state index contributed by atoms with van der Waals surface area (Å²) in [7, 11) is 0. The number of hydrogen-bond donors (Lipinski definition) is 2. The zero-order chi connectivity index (χ0) is 10.8. The van der Waals surface area contributed by atoms with E-state index >= 15 is 0 Å². The SMILES string of the molecule is CC1(C)CCCCC1(O)CCC(=O)O. The van der Waals surface area contributed by atoms with Gasteiger partial charge in [-0.15, -0.1) is 0 Å². The van der Waals surface area contributed by atoms with Gasteiger partial charge >= 0.3 is 5.97 Å². The minimum Gasteiger partial charge on any atom is -0.481 e. The van der Waals surface area contributed by atoms with Crippen molar-refractivity contribution in [2.24, 2.45) is 5.41 Å². The molecule has 1 unspecified atom stereocenters. The summed E-state index contributed by atoms with van der Waals surface area (Å²) in [5, 5.41) is 19.0. The Bertz CT molecular complexity index is 223. The van der Waals surface area contributed by atoms with E-state index in [-0.39, 0.29) is 11.8 Å². The van der Waals surface area contributed by atoms with Gasteiger partial charge in [-0.05, 0) is 24.7 Å². The molecule has 0 aromatic heterocycles. The van der Waals surface area contributed by atoms with Gasteiger partial charge in [0.05, 0.1) is 5.60 Å². The summed E-state index contributed by atoms with van der Waals surface area (Å²) in [5.41, 5.74) is -0.912. The van der Waals surface area contributed by atoms with Gasteiger partial charge in [0.2, 0.25) is 0 Å². The minimum atomic E-state index is -0.820. The summed E-state index contributed by atoms with van der Waals surface area (Å²) in [4.78, 5) is 10.5. The Balaban J connectivity index is 2.64. The van der Waals surface area contributed by atoms with E-state index in [1.54, 1.807) is 0 Å². The molecule has 0 spiro atoms. The third-order valence-electron chi connectivity index (χ3n) is 3.65. The molecular formula is C11H20O3. The standard InChI is InChI=1S/C11H20O3/c1-10(2)6-3-4-7-11(10,14)8-5-9(12)13/h14H,3-8H2,1-2H3,(H,12,13). The Labute approximate surface area is 85.1 Å². The maximum Gasteiger partial charge on any atom is 0.303 e. The number of aliphatic carboxylic acids is 1. The maximum absolute atomic E-state index is 10.5. The van der Waals surface area contributed by atoms with Gasteiger partial charge in [-0.3, -0.25) is 4.79 Å². The summed E-state index contributed by atoms with van der Waals surface area (Å²) in [6, 6.07) is 0. The second-order valence-electron chi connectivity index (χ2n) is 5.02. The highest BCUT2D eigenvalue weighted by molar-refractivity contribution is 5.66. The van der Waals surface area contributed by atoms with E-state index in [1.807, 2.05) is 13.8 Å². The van der Waals surface area contributed by atoms with Crippen LogP contribution in [0.3, 0.4) is 0 Å². The lowest BCUT2D eigenvalue weighted by atomic mass is 9.64. The van der Waals surface area contributed by atoms with Crippen LogP contribution in [0.4, 0.5) is 0 Å². The molecule has 0 amide bonds. The molecule has 0 aromatic rings. The number of hydrogen-bond acceptors (Lipinski definition) is 2. The molecule has 3 nitrogen and oxygen atoms in total. The highest BCUT2D eigenvalue weighted by atomic mass is 16.4. The topological polar surface area (TPSA) is 57.5 Å². The van der Waals surface area contributed by atoms with Gasteiger partial charge in [0.25, 0.3) is 0 Å². The van der Waals surface area contributed by atoms with Crippen molar-refractivity contribution in [3.63, 3.8) is 0 Å². The van der Waals surface area contributed by atoms with E-state index in [1.165, 1.54) is 0 Å². The lowest BCUT2D eigenvalue weighted by molar-refractivity contribution is -0.142. The predicted molar refractivity (Wildman–Crippen MR) is 54.1 cm³/mol. The molecule has 3 heteroatoms. The first-order valence-corrected chi connectivity index (χ1v) is 5.32. The van der Waals surface area contributed by atoms with Gasteiger partial charge in [-0.1, -0.05) is 26.7 Å². The molecule has 14 heavy (non-hydrogen) atoms. The van der Waals surface area contributed by atoms with Crippen LogP contribution in [0.1, 0.15) is 52.4 Å². The molecule has 1 rings (SSSR count). The quantitative estimate of drug-likeness (QED) is 0.734. The van der Waals surface area contributed by atoms with Crippen LogP contribution in [0, 0.1) is 5.41 Å². The minimum absolute atomic E-state index is 0.0694. The zero-order valence-corrected chi connectivity index (χ0v) is 9.05. The fourth-order valence-electron chi connectivity index (χ4n) is 2.33. The lowest BCUT2D eigenvalue weighted by Crippen LogP contribution is -2.47. The van der Waals surface area contributed by atoms with Crippen LogP contribution >= 0.6 is 0 Å². The molecule has 0 aliphatic heterocycles. The van der Waals surface area contributed by atoms with Gasteiger partial charge in [-0.25, -0.2) is 0 Å². The molecule has 0 aromatic carbocycles. The molecule has 82 valence electrons. The van der Waals surface area contributed by atoms with Gasteiger partial charge in [0.1, 0.15) is 0 Å². The number of carboxylic acids is 1. The third-order valence-corrected chi connectivity index (χ3v) is 3.65. The number of aliphatic hydroxyl groups is 1. The molecule has 0 saturated heterocycles. The van der Waals surface area contributed by atoms with E-state index in [0.717, 1.165) is 25.7 Å². The Morgan fingerprint density at radius 3 is 2.36 bits per heavy atom. The van der Waals surface area contributed by atoms with Crippen molar-refractivity contribution in [3.05, 3.63) is 0 Å². The van der Waals surface area contributed by atoms with Crippen LogP contribution in [-0.4, -0.2) is 21.8 Å². The Hall–Kier alpha value is -0.570. The van der Waals surface area contributed by atoms with Crippen LogP contribution in [0.5, 0.6) is 0 Å². The largest absolute Gasteiger partial charge is 0.481 e. The molecule has 0 bridgehead atoms. The van der Waals surface area contributed by atoms with Crippen molar-refractivity contribution >= 4 is 5.97 Å². The van der Waals surface area contributed by atoms with Gasteiger partial charge in [0.15, 0.2) is 0 Å². The second kappa shape index (κ2) is 3.89. The highest BCUT2D eigenvalue weighted by Crippen LogP contribution is 2.46. The van der Waals surface area contributed by atoms with E-state index < -0.39 is 11.6 Å². The molecule has 1 fully saturated rings. The smallest absolute Gasteiger partial charge is 0.303 e. The van der Waals surface area contributed by atoms with Gasteiger partial charge in [-0.2, -0.15) is 0 Å². The summed E-state index contributed by atoms with van der Waals surface area (Å²) < 4.78 is 0. The third kappa shape index (κ3) is 2.27. The highest BCUT2D eigenvalue weighted by Gasteiger charge is 2.44. The zero-order valence-electron chi connectivity index (χ0n) is 9.05. The van der Waals surface area contributed by atoms with Crippen molar-refractivity contribution in [2.45, 2.75) is 58.0 Å². The monoisotopic (exact) mass is 200 g/mol. The normalized spacial score (nSPS) is 31.4. The Morgan fingerprint density at radius 1 is 1.29 bits per heavy atom. The van der Waals surface area contributed by atoms with Gasteiger partial charge in [0, 0.05) is 6.42 Å². The molecular weight excluding hydrogens is 180 g/mol. The molecule has 1 saturated carbocycles. The number of carbonyl (C=O) groups is 1. The van der Waals surface area contributed by atoms with E-state index in [4.69, 9.17) is 5.11 Å². The van der Waals surface area contributed by atoms with Crippen molar-refractivity contribution in [1.29, 1.82) is 0 Å². The summed E-state index contributed by atoms with van der Waals surface area (Å²) >= 11 is 0. The predicted octanol–water partition coefficient (Wildman–Crippen LogP) is 2.18. The van der Waals surface area contributed by atoms with Crippen LogP contribution in [0.25, 0.3) is 0 Å². The van der Waals surface area contributed by atoms with Crippen LogP contribution in [0.2, 0.25) is 0 Å². The van der Waals surface area contributed by atoms with Crippen molar-refractivity contribution in [2.75, 3.05) is 0 Å². The van der Waals surface area contributed by atoms with Crippen molar-refractivity contribution < 1.29 is 15.0 Å². The first kappa shape index (κ1) is 11.5. The van der Waals surface area contributed by atoms with E-state index in [9.17, 15) is 9.90 Å². The molecule has 1 atom stereocenters. The van der Waals surface area contributed by atoms with Crippen LogP contribution < -0.4 is 0 Å². The van der Waals surface area contributed by atoms with E-state index in [0.29, 0.717) is 6.42 Å². The van der Waals surface area contributed by atoms with Crippen molar-refractivity contribution in [3.8, 4) is 0 Å². The first-order valence-electron chi connectivity index (χ1n) is 5.32. The van der Waals surface area contributed by atoms with Crippen LogP contribution in [0.15, 0.2) is 0 Å². The Kier molecular flexibility index (Phi) is 3.20. The fraction of sp³-hybridized carbons (Fsp3) is 0.909. The summed E-state index contributed by atoms with van der Waals surface area (Å²) in [5.74, 6) is -0.820. The molecule has 1 aliphatic carbocycles. The van der Waals surface area contributed by atoms with Crippen molar-refractivity contribution in [1.82, 2.24) is 0 Å². The summed E-state index contributed by atoms with van der Waals surface area (Å²) in [6.45, 7) is 4.07. The molecule has 0 heterocycles.